The normalized spacial score (nSPS) is 17.9. The average molecular weight is 271 g/mol. The molecule has 5 heteroatoms. The first-order valence-electron chi connectivity index (χ1n) is 6.00. The molecule has 0 bridgehead atoms. The Hall–Kier alpha value is -1.26. The standard InChI is InChI=1S/C13H18N2O2.ClH/c16-13(15-9-12-6-7-14-8-12)17-10-11-4-2-1-3-5-11;/h1-5,12,14H,6-10H2,(H,15,16);1H/t12-;/m1./s1. The summed E-state index contributed by atoms with van der Waals surface area (Å²) in [4.78, 5) is 11.4. The van der Waals surface area contributed by atoms with Crippen LogP contribution in [0.4, 0.5) is 4.79 Å². The van der Waals surface area contributed by atoms with Crippen molar-refractivity contribution in [2.24, 2.45) is 5.92 Å². The van der Waals surface area contributed by atoms with Crippen LogP contribution in [0.3, 0.4) is 0 Å². The maximum Gasteiger partial charge on any atom is 0.407 e. The molecule has 1 saturated heterocycles. The van der Waals surface area contributed by atoms with Crippen molar-refractivity contribution in [3.63, 3.8) is 0 Å². The van der Waals surface area contributed by atoms with E-state index >= 15 is 0 Å². The van der Waals surface area contributed by atoms with E-state index in [1.807, 2.05) is 30.3 Å². The zero-order valence-corrected chi connectivity index (χ0v) is 11.0. The summed E-state index contributed by atoms with van der Waals surface area (Å²) in [6.45, 7) is 3.06. The van der Waals surface area contributed by atoms with E-state index in [1.54, 1.807) is 0 Å². The van der Waals surface area contributed by atoms with E-state index in [0.29, 0.717) is 19.1 Å². The van der Waals surface area contributed by atoms with Crippen LogP contribution in [0.2, 0.25) is 0 Å². The van der Waals surface area contributed by atoms with Crippen molar-refractivity contribution in [1.29, 1.82) is 0 Å². The number of rotatable bonds is 4. The second-order valence-electron chi connectivity index (χ2n) is 4.30. The summed E-state index contributed by atoms with van der Waals surface area (Å²) in [5.74, 6) is 0.541. The molecule has 4 nitrogen and oxygen atoms in total. The Labute approximate surface area is 114 Å². The number of carbonyl (C=O) groups excluding carboxylic acids is 1. The molecule has 1 fully saturated rings. The zero-order valence-electron chi connectivity index (χ0n) is 10.2. The summed E-state index contributed by atoms with van der Waals surface area (Å²) >= 11 is 0. The van der Waals surface area contributed by atoms with Crippen LogP contribution in [0.5, 0.6) is 0 Å². The van der Waals surface area contributed by atoms with Crippen molar-refractivity contribution >= 4 is 18.5 Å². The molecule has 0 saturated carbocycles. The number of ether oxygens (including phenoxy) is 1. The second-order valence-corrected chi connectivity index (χ2v) is 4.30. The zero-order chi connectivity index (χ0) is 11.9. The lowest BCUT2D eigenvalue weighted by molar-refractivity contribution is 0.138. The van der Waals surface area contributed by atoms with E-state index in [1.165, 1.54) is 0 Å². The Bertz CT molecular complexity index is 353. The molecule has 1 heterocycles. The van der Waals surface area contributed by atoms with Gasteiger partial charge in [-0.2, -0.15) is 0 Å². The first kappa shape index (κ1) is 14.8. The molecule has 100 valence electrons. The number of carbonyl (C=O) groups is 1. The molecule has 0 spiro atoms. The van der Waals surface area contributed by atoms with Gasteiger partial charge in [-0.05, 0) is 31.0 Å². The SMILES string of the molecule is Cl.O=C(NC[C@@H]1CCNC1)OCc1ccccc1. The van der Waals surface area contributed by atoms with Crippen LogP contribution < -0.4 is 10.6 Å². The maximum atomic E-state index is 11.4. The lowest BCUT2D eigenvalue weighted by atomic mass is 10.1. The highest BCUT2D eigenvalue weighted by atomic mass is 35.5. The van der Waals surface area contributed by atoms with Gasteiger partial charge in [0.2, 0.25) is 0 Å². The van der Waals surface area contributed by atoms with E-state index in [0.717, 1.165) is 25.1 Å². The van der Waals surface area contributed by atoms with Crippen molar-refractivity contribution in [2.75, 3.05) is 19.6 Å². The molecule has 0 aliphatic carbocycles. The van der Waals surface area contributed by atoms with E-state index in [9.17, 15) is 4.79 Å². The lowest BCUT2D eigenvalue weighted by Gasteiger charge is -2.10. The topological polar surface area (TPSA) is 50.4 Å². The van der Waals surface area contributed by atoms with Crippen molar-refractivity contribution < 1.29 is 9.53 Å². The van der Waals surface area contributed by atoms with Crippen LogP contribution in [-0.2, 0) is 11.3 Å². The van der Waals surface area contributed by atoms with Gasteiger partial charge in [0.05, 0.1) is 0 Å². The minimum Gasteiger partial charge on any atom is -0.445 e. The van der Waals surface area contributed by atoms with Gasteiger partial charge in [-0.3, -0.25) is 0 Å². The summed E-state index contributed by atoms with van der Waals surface area (Å²) in [6.07, 6.45) is 0.791. The molecule has 0 aromatic heterocycles. The quantitative estimate of drug-likeness (QED) is 0.879. The predicted molar refractivity (Wildman–Crippen MR) is 72.9 cm³/mol. The summed E-state index contributed by atoms with van der Waals surface area (Å²) in [7, 11) is 0. The Morgan fingerprint density at radius 3 is 2.83 bits per heavy atom. The number of hydrogen-bond acceptors (Lipinski definition) is 3. The van der Waals surface area contributed by atoms with Crippen LogP contribution in [0.15, 0.2) is 30.3 Å². The third-order valence-corrected chi connectivity index (χ3v) is 2.91. The Kier molecular flexibility index (Phi) is 6.54. The molecule has 18 heavy (non-hydrogen) atoms. The summed E-state index contributed by atoms with van der Waals surface area (Å²) in [6, 6.07) is 9.68. The van der Waals surface area contributed by atoms with Crippen LogP contribution in [-0.4, -0.2) is 25.7 Å². The van der Waals surface area contributed by atoms with Crippen LogP contribution >= 0.6 is 12.4 Å². The van der Waals surface area contributed by atoms with E-state index in [4.69, 9.17) is 4.74 Å². The van der Waals surface area contributed by atoms with Crippen molar-refractivity contribution in [3.05, 3.63) is 35.9 Å². The minimum atomic E-state index is -0.333. The smallest absolute Gasteiger partial charge is 0.407 e. The molecule has 1 aliphatic heterocycles. The summed E-state index contributed by atoms with van der Waals surface area (Å²) < 4.78 is 5.12. The van der Waals surface area contributed by atoms with Crippen LogP contribution in [0.25, 0.3) is 0 Å². The Balaban J connectivity index is 0.00000162. The van der Waals surface area contributed by atoms with Crippen LogP contribution in [0.1, 0.15) is 12.0 Å². The molecule has 1 aromatic rings. The summed E-state index contributed by atoms with van der Waals surface area (Å²) in [5.41, 5.74) is 1.00. The fourth-order valence-electron chi connectivity index (χ4n) is 1.89. The number of amides is 1. The monoisotopic (exact) mass is 270 g/mol. The summed E-state index contributed by atoms with van der Waals surface area (Å²) in [5, 5.41) is 6.06. The third-order valence-electron chi connectivity index (χ3n) is 2.91. The van der Waals surface area contributed by atoms with E-state index in [2.05, 4.69) is 10.6 Å². The molecular formula is C13H19ClN2O2. The van der Waals surface area contributed by atoms with Gasteiger partial charge in [0.25, 0.3) is 0 Å². The highest BCUT2D eigenvalue weighted by molar-refractivity contribution is 5.85. The number of nitrogens with one attached hydrogen (secondary N) is 2. The highest BCUT2D eigenvalue weighted by Gasteiger charge is 2.15. The molecular weight excluding hydrogens is 252 g/mol. The second kappa shape index (κ2) is 7.95. The van der Waals surface area contributed by atoms with Gasteiger partial charge < -0.3 is 15.4 Å². The first-order chi connectivity index (χ1) is 8.34. The average Bonchev–Trinajstić information content (AvgIpc) is 2.88. The van der Waals surface area contributed by atoms with Gasteiger partial charge in [-0.15, -0.1) is 12.4 Å². The molecule has 1 atom stereocenters. The molecule has 2 rings (SSSR count). The predicted octanol–water partition coefficient (Wildman–Crippen LogP) is 1.94. The van der Waals surface area contributed by atoms with Crippen molar-refractivity contribution in [2.45, 2.75) is 13.0 Å². The fourth-order valence-corrected chi connectivity index (χ4v) is 1.89. The third kappa shape index (κ3) is 4.94. The van der Waals surface area contributed by atoms with Crippen LogP contribution in [0, 0.1) is 5.92 Å². The lowest BCUT2D eigenvalue weighted by Crippen LogP contribution is -2.30. The number of hydrogen-bond donors (Lipinski definition) is 2. The molecule has 1 amide bonds. The molecule has 0 radical (unpaired) electrons. The highest BCUT2D eigenvalue weighted by Crippen LogP contribution is 2.05. The number of benzene rings is 1. The van der Waals surface area contributed by atoms with E-state index < -0.39 is 0 Å². The maximum absolute atomic E-state index is 11.4. The van der Waals surface area contributed by atoms with Gasteiger partial charge in [0.1, 0.15) is 6.61 Å². The number of halogens is 1. The van der Waals surface area contributed by atoms with Crippen molar-refractivity contribution in [3.8, 4) is 0 Å². The number of alkyl carbamates (subject to hydrolysis) is 1. The Morgan fingerprint density at radius 2 is 2.17 bits per heavy atom. The van der Waals surface area contributed by atoms with Gasteiger partial charge in [0, 0.05) is 6.54 Å². The van der Waals surface area contributed by atoms with Gasteiger partial charge in [-0.1, -0.05) is 30.3 Å². The van der Waals surface area contributed by atoms with E-state index in [-0.39, 0.29) is 18.5 Å². The molecule has 1 aromatic carbocycles. The molecule has 2 N–H and O–H groups in total. The van der Waals surface area contributed by atoms with Gasteiger partial charge >= 0.3 is 6.09 Å². The fraction of sp³-hybridized carbons (Fsp3) is 0.462. The first-order valence-corrected chi connectivity index (χ1v) is 6.00. The van der Waals surface area contributed by atoms with Gasteiger partial charge in [-0.25, -0.2) is 4.79 Å². The molecule has 0 unspecified atom stereocenters. The Morgan fingerprint density at radius 1 is 1.39 bits per heavy atom. The molecule has 1 aliphatic rings. The van der Waals surface area contributed by atoms with Crippen molar-refractivity contribution in [1.82, 2.24) is 10.6 Å². The minimum absolute atomic E-state index is 0. The largest absolute Gasteiger partial charge is 0.445 e. The van der Waals surface area contributed by atoms with Gasteiger partial charge in [0.15, 0.2) is 0 Å².